The molecule has 1 aliphatic heterocycles. The summed E-state index contributed by atoms with van der Waals surface area (Å²) in [4.78, 5) is 2.25. The Morgan fingerprint density at radius 2 is 1.50 bits per heavy atom. The fourth-order valence-electron chi connectivity index (χ4n) is 1.64. The first-order valence-corrected chi connectivity index (χ1v) is 4.58. The standard InChI is InChI=1S/C9H19NO2/c1-9(11-2,12-3)10-7-5-4-6-8-10/h4-8H2,1-3H3. The average Bonchev–Trinajstić information content (AvgIpc) is 2.18. The number of nitrogens with zero attached hydrogens (tertiary/aromatic N) is 1. The van der Waals surface area contributed by atoms with E-state index >= 15 is 0 Å². The quantitative estimate of drug-likeness (QED) is 0.603. The number of hydrogen-bond acceptors (Lipinski definition) is 3. The van der Waals surface area contributed by atoms with Crippen LogP contribution in [0.4, 0.5) is 0 Å². The molecular formula is C9H19NO2. The molecule has 0 bridgehead atoms. The molecule has 0 atom stereocenters. The van der Waals surface area contributed by atoms with Crippen LogP contribution in [-0.4, -0.2) is 38.1 Å². The van der Waals surface area contributed by atoms with Gasteiger partial charge in [0.25, 0.3) is 0 Å². The number of piperidine rings is 1. The molecule has 1 aliphatic rings. The highest BCUT2D eigenvalue weighted by molar-refractivity contribution is 4.71. The lowest BCUT2D eigenvalue weighted by Crippen LogP contribution is -2.51. The maximum atomic E-state index is 5.33. The van der Waals surface area contributed by atoms with Crippen LogP contribution in [0, 0.1) is 0 Å². The van der Waals surface area contributed by atoms with Crippen LogP contribution in [0.5, 0.6) is 0 Å². The van der Waals surface area contributed by atoms with E-state index in [1.165, 1.54) is 19.3 Å². The van der Waals surface area contributed by atoms with Crippen molar-refractivity contribution in [1.29, 1.82) is 0 Å². The molecule has 0 amide bonds. The molecule has 72 valence electrons. The van der Waals surface area contributed by atoms with Gasteiger partial charge in [0.1, 0.15) is 0 Å². The van der Waals surface area contributed by atoms with Gasteiger partial charge in [-0.1, -0.05) is 6.42 Å². The second kappa shape index (κ2) is 4.21. The molecule has 1 rings (SSSR count). The van der Waals surface area contributed by atoms with Crippen molar-refractivity contribution in [2.75, 3.05) is 27.3 Å². The van der Waals surface area contributed by atoms with E-state index in [1.54, 1.807) is 14.2 Å². The van der Waals surface area contributed by atoms with Crippen molar-refractivity contribution in [3.63, 3.8) is 0 Å². The molecule has 1 heterocycles. The van der Waals surface area contributed by atoms with Gasteiger partial charge in [0.2, 0.25) is 5.91 Å². The fourth-order valence-corrected chi connectivity index (χ4v) is 1.64. The molecule has 0 aromatic heterocycles. The molecule has 0 aromatic rings. The van der Waals surface area contributed by atoms with E-state index in [9.17, 15) is 0 Å². The molecule has 0 radical (unpaired) electrons. The van der Waals surface area contributed by atoms with Crippen LogP contribution in [0.1, 0.15) is 26.2 Å². The first-order chi connectivity index (χ1) is 5.73. The SMILES string of the molecule is COC(C)(OC)N1CCCCC1. The summed E-state index contributed by atoms with van der Waals surface area (Å²) in [6, 6.07) is 0. The van der Waals surface area contributed by atoms with Crippen molar-refractivity contribution in [2.45, 2.75) is 32.1 Å². The van der Waals surface area contributed by atoms with E-state index in [-0.39, 0.29) is 0 Å². The summed E-state index contributed by atoms with van der Waals surface area (Å²) >= 11 is 0. The van der Waals surface area contributed by atoms with Crippen LogP contribution in [0.15, 0.2) is 0 Å². The van der Waals surface area contributed by atoms with Crippen molar-refractivity contribution in [3.8, 4) is 0 Å². The topological polar surface area (TPSA) is 21.7 Å². The van der Waals surface area contributed by atoms with Crippen LogP contribution in [-0.2, 0) is 9.47 Å². The van der Waals surface area contributed by atoms with Crippen LogP contribution in [0.2, 0.25) is 0 Å². The number of methoxy groups -OCH3 is 2. The Kier molecular flexibility index (Phi) is 3.50. The van der Waals surface area contributed by atoms with Crippen molar-refractivity contribution >= 4 is 0 Å². The predicted molar refractivity (Wildman–Crippen MR) is 47.8 cm³/mol. The minimum absolute atomic E-state index is 0.513. The van der Waals surface area contributed by atoms with Crippen LogP contribution in [0.25, 0.3) is 0 Å². The lowest BCUT2D eigenvalue weighted by atomic mass is 10.1. The highest BCUT2D eigenvalue weighted by Gasteiger charge is 2.32. The number of rotatable bonds is 3. The second-order valence-electron chi connectivity index (χ2n) is 3.35. The Balaban J connectivity index is 2.51. The molecule has 1 fully saturated rings. The maximum Gasteiger partial charge on any atom is 0.226 e. The minimum Gasteiger partial charge on any atom is -0.341 e. The van der Waals surface area contributed by atoms with Gasteiger partial charge in [0, 0.05) is 34.2 Å². The van der Waals surface area contributed by atoms with Gasteiger partial charge in [0.05, 0.1) is 0 Å². The zero-order valence-corrected chi connectivity index (χ0v) is 8.30. The van der Waals surface area contributed by atoms with Crippen molar-refractivity contribution < 1.29 is 9.47 Å². The lowest BCUT2D eigenvalue weighted by Gasteiger charge is -2.40. The van der Waals surface area contributed by atoms with Crippen molar-refractivity contribution in [1.82, 2.24) is 4.90 Å². The Morgan fingerprint density at radius 1 is 1.00 bits per heavy atom. The first-order valence-electron chi connectivity index (χ1n) is 4.58. The third-order valence-electron chi connectivity index (χ3n) is 2.69. The van der Waals surface area contributed by atoms with Gasteiger partial charge in [-0.25, -0.2) is 0 Å². The molecule has 0 N–H and O–H groups in total. The van der Waals surface area contributed by atoms with Crippen LogP contribution < -0.4 is 0 Å². The van der Waals surface area contributed by atoms with Crippen LogP contribution in [0.3, 0.4) is 0 Å². The van der Waals surface area contributed by atoms with Gasteiger partial charge < -0.3 is 9.47 Å². The predicted octanol–water partition coefficient (Wildman–Crippen LogP) is 1.44. The van der Waals surface area contributed by atoms with E-state index < -0.39 is 5.91 Å². The highest BCUT2D eigenvalue weighted by atomic mass is 16.7. The van der Waals surface area contributed by atoms with Crippen molar-refractivity contribution in [2.24, 2.45) is 0 Å². The van der Waals surface area contributed by atoms with E-state index in [0.717, 1.165) is 13.1 Å². The van der Waals surface area contributed by atoms with Gasteiger partial charge in [0.15, 0.2) is 0 Å². The molecule has 12 heavy (non-hydrogen) atoms. The minimum atomic E-state index is -0.513. The Bertz CT molecular complexity index is 128. The average molecular weight is 173 g/mol. The number of ether oxygens (including phenoxy) is 2. The zero-order valence-electron chi connectivity index (χ0n) is 8.30. The first kappa shape index (κ1) is 9.96. The molecule has 0 saturated carbocycles. The van der Waals surface area contributed by atoms with Crippen LogP contribution >= 0.6 is 0 Å². The third-order valence-corrected chi connectivity index (χ3v) is 2.69. The summed E-state index contributed by atoms with van der Waals surface area (Å²) in [5.41, 5.74) is 0. The molecule has 3 heteroatoms. The molecule has 0 aromatic carbocycles. The van der Waals surface area contributed by atoms with Gasteiger partial charge in [-0.15, -0.1) is 0 Å². The number of likely N-dealkylation sites (tertiary alicyclic amines) is 1. The fraction of sp³-hybridized carbons (Fsp3) is 1.00. The Hall–Kier alpha value is -0.120. The summed E-state index contributed by atoms with van der Waals surface area (Å²) < 4.78 is 10.7. The molecule has 1 saturated heterocycles. The third kappa shape index (κ3) is 1.97. The van der Waals surface area contributed by atoms with Gasteiger partial charge in [-0.2, -0.15) is 0 Å². The van der Waals surface area contributed by atoms with E-state index in [0.29, 0.717) is 0 Å². The Labute approximate surface area is 74.6 Å². The monoisotopic (exact) mass is 173 g/mol. The van der Waals surface area contributed by atoms with E-state index in [1.807, 2.05) is 6.92 Å². The molecule has 0 aliphatic carbocycles. The summed E-state index contributed by atoms with van der Waals surface area (Å²) in [5, 5.41) is 0. The van der Waals surface area contributed by atoms with E-state index in [2.05, 4.69) is 4.90 Å². The van der Waals surface area contributed by atoms with Gasteiger partial charge in [-0.05, 0) is 12.8 Å². The second-order valence-corrected chi connectivity index (χ2v) is 3.35. The number of hydrogen-bond donors (Lipinski definition) is 0. The summed E-state index contributed by atoms with van der Waals surface area (Å²) in [6.07, 6.45) is 3.84. The van der Waals surface area contributed by atoms with Gasteiger partial charge >= 0.3 is 0 Å². The van der Waals surface area contributed by atoms with E-state index in [4.69, 9.17) is 9.47 Å². The normalized spacial score (nSPS) is 21.2. The lowest BCUT2D eigenvalue weighted by molar-refractivity contribution is -0.286. The maximum absolute atomic E-state index is 5.33. The van der Waals surface area contributed by atoms with Gasteiger partial charge in [-0.3, -0.25) is 4.90 Å². The smallest absolute Gasteiger partial charge is 0.226 e. The highest BCUT2D eigenvalue weighted by Crippen LogP contribution is 2.21. The largest absolute Gasteiger partial charge is 0.341 e. The summed E-state index contributed by atoms with van der Waals surface area (Å²) in [7, 11) is 3.39. The summed E-state index contributed by atoms with van der Waals surface area (Å²) in [6.45, 7) is 4.13. The Morgan fingerprint density at radius 3 is 1.92 bits per heavy atom. The summed E-state index contributed by atoms with van der Waals surface area (Å²) in [5.74, 6) is -0.513. The van der Waals surface area contributed by atoms with Crippen molar-refractivity contribution in [3.05, 3.63) is 0 Å². The molecular weight excluding hydrogens is 154 g/mol. The molecule has 0 unspecified atom stereocenters. The molecule has 0 spiro atoms. The zero-order chi connectivity index (χ0) is 9.03. The molecule has 3 nitrogen and oxygen atoms in total.